The molecule has 0 saturated heterocycles. The third-order valence-electron chi connectivity index (χ3n) is 3.52. The van der Waals surface area contributed by atoms with Gasteiger partial charge >= 0.3 is 5.97 Å². The third-order valence-corrected chi connectivity index (χ3v) is 3.52. The number of nitrogens with one attached hydrogen (secondary N) is 1. The van der Waals surface area contributed by atoms with E-state index < -0.39 is 17.3 Å². The van der Waals surface area contributed by atoms with Crippen molar-refractivity contribution >= 4 is 11.9 Å². The molecule has 1 aromatic carbocycles. The molecule has 1 aromatic rings. The number of hydrogen-bond donors (Lipinski definition) is 2. The maximum Gasteiger partial charge on any atom is 0.319 e. The van der Waals surface area contributed by atoms with Crippen molar-refractivity contribution in [1.29, 1.82) is 0 Å². The van der Waals surface area contributed by atoms with Gasteiger partial charge in [0.2, 0.25) is 5.91 Å². The quantitative estimate of drug-likeness (QED) is 0.796. The number of rotatable bonds is 5. The first-order valence-electron chi connectivity index (χ1n) is 6.22. The van der Waals surface area contributed by atoms with Crippen LogP contribution in [0.25, 0.3) is 0 Å². The van der Waals surface area contributed by atoms with Crippen LogP contribution in [0.1, 0.15) is 24.0 Å². The fourth-order valence-corrected chi connectivity index (χ4v) is 2.01. The standard InChI is InChI=1S/C14H16FNO3/c1-9-8-10(2-3-11(9)15)4-7-16-12(17)14(5-6-14)13(18)19/h2-3,8H,4-7H2,1H3,(H,16,17)(H,18,19). The van der Waals surface area contributed by atoms with Crippen molar-refractivity contribution in [2.45, 2.75) is 26.2 Å². The molecule has 0 aromatic heterocycles. The van der Waals surface area contributed by atoms with E-state index in [1.807, 2.05) is 0 Å². The van der Waals surface area contributed by atoms with Crippen molar-refractivity contribution in [2.24, 2.45) is 5.41 Å². The van der Waals surface area contributed by atoms with Crippen LogP contribution in [0.2, 0.25) is 0 Å². The molecule has 0 spiro atoms. The van der Waals surface area contributed by atoms with Crippen LogP contribution in [-0.4, -0.2) is 23.5 Å². The normalized spacial score (nSPS) is 15.9. The lowest BCUT2D eigenvalue weighted by atomic mass is 10.1. The Balaban J connectivity index is 1.85. The van der Waals surface area contributed by atoms with Gasteiger partial charge in [-0.1, -0.05) is 12.1 Å². The van der Waals surface area contributed by atoms with Crippen molar-refractivity contribution in [3.05, 3.63) is 35.1 Å². The fraction of sp³-hybridized carbons (Fsp3) is 0.429. The third kappa shape index (κ3) is 2.75. The van der Waals surface area contributed by atoms with Gasteiger partial charge in [0.1, 0.15) is 11.2 Å². The highest BCUT2D eigenvalue weighted by Gasteiger charge is 2.56. The van der Waals surface area contributed by atoms with Gasteiger partial charge in [-0.05, 0) is 43.4 Å². The lowest BCUT2D eigenvalue weighted by Crippen LogP contribution is -2.37. The molecule has 1 saturated carbocycles. The summed E-state index contributed by atoms with van der Waals surface area (Å²) in [6.07, 6.45) is 1.37. The second kappa shape index (κ2) is 4.99. The van der Waals surface area contributed by atoms with Crippen LogP contribution in [-0.2, 0) is 16.0 Å². The second-order valence-corrected chi connectivity index (χ2v) is 4.98. The van der Waals surface area contributed by atoms with E-state index >= 15 is 0 Å². The molecule has 1 aliphatic carbocycles. The van der Waals surface area contributed by atoms with E-state index in [2.05, 4.69) is 5.32 Å². The molecule has 5 heteroatoms. The zero-order valence-corrected chi connectivity index (χ0v) is 10.7. The molecule has 2 N–H and O–H groups in total. The Bertz CT molecular complexity index is 523. The van der Waals surface area contributed by atoms with Crippen LogP contribution in [0, 0.1) is 18.2 Å². The molecule has 0 aliphatic heterocycles. The molecule has 0 unspecified atom stereocenters. The average molecular weight is 265 g/mol. The van der Waals surface area contributed by atoms with Gasteiger partial charge in [0.25, 0.3) is 0 Å². The predicted molar refractivity (Wildman–Crippen MR) is 67.2 cm³/mol. The first-order valence-corrected chi connectivity index (χ1v) is 6.22. The number of carbonyl (C=O) groups excluding carboxylic acids is 1. The van der Waals surface area contributed by atoms with Crippen molar-refractivity contribution in [3.63, 3.8) is 0 Å². The highest BCUT2D eigenvalue weighted by atomic mass is 19.1. The molecule has 0 bridgehead atoms. The van der Waals surface area contributed by atoms with Gasteiger partial charge in [-0.15, -0.1) is 0 Å². The molecule has 0 atom stereocenters. The summed E-state index contributed by atoms with van der Waals surface area (Å²) in [5.41, 5.74) is 0.283. The summed E-state index contributed by atoms with van der Waals surface area (Å²) in [7, 11) is 0. The minimum Gasteiger partial charge on any atom is -0.480 e. The molecule has 1 amide bonds. The second-order valence-electron chi connectivity index (χ2n) is 4.98. The summed E-state index contributed by atoms with van der Waals surface area (Å²) in [5.74, 6) is -1.72. The van der Waals surface area contributed by atoms with E-state index in [0.717, 1.165) is 5.56 Å². The number of aryl methyl sites for hydroxylation is 1. The van der Waals surface area contributed by atoms with Gasteiger partial charge in [0.05, 0.1) is 0 Å². The van der Waals surface area contributed by atoms with Crippen molar-refractivity contribution in [2.75, 3.05) is 6.54 Å². The summed E-state index contributed by atoms with van der Waals surface area (Å²) < 4.78 is 13.1. The number of carboxylic acid groups (broad SMARTS) is 1. The molecule has 4 nitrogen and oxygen atoms in total. The van der Waals surface area contributed by atoms with Gasteiger partial charge in [-0.25, -0.2) is 4.39 Å². The van der Waals surface area contributed by atoms with Crippen molar-refractivity contribution < 1.29 is 19.1 Å². The molecule has 2 rings (SSSR count). The maximum absolute atomic E-state index is 13.1. The van der Waals surface area contributed by atoms with E-state index in [4.69, 9.17) is 5.11 Å². The van der Waals surface area contributed by atoms with E-state index in [9.17, 15) is 14.0 Å². The number of benzene rings is 1. The number of hydrogen-bond acceptors (Lipinski definition) is 2. The Labute approximate surface area is 110 Å². The van der Waals surface area contributed by atoms with Gasteiger partial charge in [-0.3, -0.25) is 9.59 Å². The number of halogens is 1. The summed E-state index contributed by atoms with van der Waals surface area (Å²) in [5, 5.41) is 11.6. The largest absolute Gasteiger partial charge is 0.480 e. The van der Waals surface area contributed by atoms with Gasteiger partial charge in [0.15, 0.2) is 0 Å². The Morgan fingerprint density at radius 3 is 2.63 bits per heavy atom. The highest BCUT2D eigenvalue weighted by molar-refractivity contribution is 6.04. The first-order chi connectivity index (χ1) is 8.95. The number of carbonyl (C=O) groups is 2. The van der Waals surface area contributed by atoms with E-state index in [1.165, 1.54) is 6.07 Å². The maximum atomic E-state index is 13.1. The molecular formula is C14H16FNO3. The number of carboxylic acids is 1. The summed E-state index contributed by atoms with van der Waals surface area (Å²) in [6, 6.07) is 4.79. The molecule has 1 fully saturated rings. The van der Waals surface area contributed by atoms with Crippen LogP contribution in [0.5, 0.6) is 0 Å². The summed E-state index contributed by atoms with van der Waals surface area (Å²) in [4.78, 5) is 22.7. The van der Waals surface area contributed by atoms with E-state index in [0.29, 0.717) is 31.4 Å². The topological polar surface area (TPSA) is 66.4 Å². The average Bonchev–Trinajstić information content (AvgIpc) is 3.15. The minimum atomic E-state index is -1.20. The minimum absolute atomic E-state index is 0.254. The van der Waals surface area contributed by atoms with Crippen LogP contribution < -0.4 is 5.32 Å². The number of amides is 1. The molecule has 19 heavy (non-hydrogen) atoms. The fourth-order valence-electron chi connectivity index (χ4n) is 2.01. The zero-order valence-electron chi connectivity index (χ0n) is 10.7. The van der Waals surface area contributed by atoms with Crippen LogP contribution in [0.15, 0.2) is 18.2 Å². The predicted octanol–water partition coefficient (Wildman–Crippen LogP) is 1.66. The lowest BCUT2D eigenvalue weighted by Gasteiger charge is -2.11. The Kier molecular flexibility index (Phi) is 3.55. The van der Waals surface area contributed by atoms with Crippen molar-refractivity contribution in [3.8, 4) is 0 Å². The first kappa shape index (κ1) is 13.5. The monoisotopic (exact) mass is 265 g/mol. The summed E-state index contributed by atoms with van der Waals surface area (Å²) >= 11 is 0. The molecule has 102 valence electrons. The van der Waals surface area contributed by atoms with Crippen LogP contribution in [0.4, 0.5) is 4.39 Å². The Hall–Kier alpha value is -1.91. The molecule has 0 radical (unpaired) electrons. The van der Waals surface area contributed by atoms with E-state index in [1.54, 1.807) is 19.1 Å². The highest BCUT2D eigenvalue weighted by Crippen LogP contribution is 2.45. The van der Waals surface area contributed by atoms with Gasteiger partial charge in [0, 0.05) is 6.54 Å². The van der Waals surface area contributed by atoms with Gasteiger partial charge in [-0.2, -0.15) is 0 Å². The number of aliphatic carboxylic acids is 1. The lowest BCUT2D eigenvalue weighted by molar-refractivity contribution is -0.149. The van der Waals surface area contributed by atoms with E-state index in [-0.39, 0.29) is 5.82 Å². The molecule has 1 aliphatic rings. The Morgan fingerprint density at radius 2 is 2.11 bits per heavy atom. The van der Waals surface area contributed by atoms with Crippen LogP contribution in [0.3, 0.4) is 0 Å². The molecular weight excluding hydrogens is 249 g/mol. The molecule has 0 heterocycles. The smallest absolute Gasteiger partial charge is 0.319 e. The SMILES string of the molecule is Cc1cc(CCNC(=O)C2(C(=O)O)CC2)ccc1F. The van der Waals surface area contributed by atoms with Crippen LogP contribution >= 0.6 is 0 Å². The Morgan fingerprint density at radius 1 is 1.42 bits per heavy atom. The van der Waals surface area contributed by atoms with Gasteiger partial charge < -0.3 is 10.4 Å². The van der Waals surface area contributed by atoms with Crippen molar-refractivity contribution in [1.82, 2.24) is 5.32 Å². The summed E-state index contributed by atoms with van der Waals surface area (Å²) in [6.45, 7) is 2.04. The zero-order chi connectivity index (χ0) is 14.0.